The molecule has 0 saturated carbocycles. The second-order valence-corrected chi connectivity index (χ2v) is 3.27. The van der Waals surface area contributed by atoms with E-state index in [9.17, 15) is 15.0 Å². The van der Waals surface area contributed by atoms with Crippen LogP contribution in [0.25, 0.3) is 0 Å². The number of carbonyl (C=O) groups excluding carboxylic acids is 1. The normalized spacial score (nSPS) is 14.1. The third-order valence-electron chi connectivity index (χ3n) is 1.91. The molecule has 0 fully saturated rings. The lowest BCUT2D eigenvalue weighted by Gasteiger charge is -2.15. The Hall–Kier alpha value is -1.19. The summed E-state index contributed by atoms with van der Waals surface area (Å²) in [7, 11) is 0. The van der Waals surface area contributed by atoms with Gasteiger partial charge in [0.2, 0.25) is 6.08 Å². The van der Waals surface area contributed by atoms with Crippen molar-refractivity contribution in [3.63, 3.8) is 0 Å². The molecule has 5 heteroatoms. The Kier molecular flexibility index (Phi) is 4.46. The fourth-order valence-corrected chi connectivity index (χ4v) is 1.31. The van der Waals surface area contributed by atoms with Crippen LogP contribution in [0, 0.1) is 0 Å². The number of aliphatic imine (C=N–C) groups is 1. The van der Waals surface area contributed by atoms with Crippen LogP contribution < -0.4 is 0 Å². The number of aliphatic hydroxyl groups excluding tert-OH is 2. The smallest absolute Gasteiger partial charge is 0.240 e. The molecule has 2 atom stereocenters. The number of nitrogens with zero attached hydrogens (tertiary/aromatic N) is 1. The summed E-state index contributed by atoms with van der Waals surface area (Å²) in [4.78, 5) is 13.4. The quantitative estimate of drug-likeness (QED) is 0.463. The minimum Gasteiger partial charge on any atom is -0.389 e. The first kappa shape index (κ1) is 11.9. The van der Waals surface area contributed by atoms with Gasteiger partial charge in [0.15, 0.2) is 0 Å². The Morgan fingerprint density at radius 1 is 1.47 bits per heavy atom. The Balaban J connectivity index is 2.94. The van der Waals surface area contributed by atoms with Crippen LogP contribution in [0.2, 0.25) is 0 Å². The average molecular weight is 228 g/mol. The zero-order valence-electron chi connectivity index (χ0n) is 7.80. The van der Waals surface area contributed by atoms with Gasteiger partial charge in [0.1, 0.15) is 6.10 Å². The highest BCUT2D eigenvalue weighted by Gasteiger charge is 2.17. The fourth-order valence-electron chi connectivity index (χ4n) is 1.14. The minimum atomic E-state index is -1.08. The number of rotatable bonds is 4. The summed E-state index contributed by atoms with van der Waals surface area (Å²) in [6.45, 7) is 0. The summed E-state index contributed by atoms with van der Waals surface area (Å²) in [6, 6.07) is 6.32. The van der Waals surface area contributed by atoms with E-state index in [1.807, 2.05) is 0 Å². The molecule has 0 radical (unpaired) electrons. The lowest BCUT2D eigenvalue weighted by Crippen LogP contribution is -2.19. The number of hydrogen-bond donors (Lipinski definition) is 2. The Morgan fingerprint density at radius 2 is 2.20 bits per heavy atom. The van der Waals surface area contributed by atoms with Crippen LogP contribution in [0.3, 0.4) is 0 Å². The molecule has 1 rings (SSSR count). The molecule has 1 aromatic rings. The predicted octanol–water partition coefficient (Wildman–Crippen LogP) is 1.29. The van der Waals surface area contributed by atoms with Crippen LogP contribution in [-0.4, -0.2) is 28.3 Å². The molecule has 0 aromatic heterocycles. The second kappa shape index (κ2) is 5.63. The van der Waals surface area contributed by atoms with Gasteiger partial charge in [-0.1, -0.05) is 12.1 Å². The van der Waals surface area contributed by atoms with Gasteiger partial charge in [0, 0.05) is 0 Å². The van der Waals surface area contributed by atoms with Crippen LogP contribution in [0.1, 0.15) is 11.7 Å². The molecule has 80 valence electrons. The van der Waals surface area contributed by atoms with Crippen molar-refractivity contribution in [1.29, 1.82) is 0 Å². The van der Waals surface area contributed by atoms with Crippen molar-refractivity contribution in [2.24, 2.45) is 4.99 Å². The highest BCUT2D eigenvalue weighted by Crippen LogP contribution is 2.22. The van der Waals surface area contributed by atoms with Gasteiger partial charge in [-0.2, -0.15) is 4.99 Å². The Morgan fingerprint density at radius 3 is 2.80 bits per heavy atom. The Labute approximate surface area is 91.8 Å². The van der Waals surface area contributed by atoms with E-state index in [1.165, 1.54) is 12.1 Å². The first-order valence-corrected chi connectivity index (χ1v) is 4.82. The molecule has 15 heavy (non-hydrogen) atoms. The van der Waals surface area contributed by atoms with Crippen molar-refractivity contribution in [1.82, 2.24) is 0 Å². The summed E-state index contributed by atoms with van der Waals surface area (Å²) >= 11 is 5.40. The highest BCUT2D eigenvalue weighted by molar-refractivity contribution is 6.18. The topological polar surface area (TPSA) is 69.9 Å². The third-order valence-corrected chi connectivity index (χ3v) is 2.23. The molecule has 0 aliphatic heterocycles. The van der Waals surface area contributed by atoms with E-state index in [0.717, 1.165) is 0 Å². The largest absolute Gasteiger partial charge is 0.389 e. The summed E-state index contributed by atoms with van der Waals surface area (Å²) in [5.41, 5.74) is 0.836. The van der Waals surface area contributed by atoms with Gasteiger partial charge in [0.25, 0.3) is 0 Å². The van der Waals surface area contributed by atoms with E-state index in [0.29, 0.717) is 11.3 Å². The molecule has 0 saturated heterocycles. The number of hydrogen-bond acceptors (Lipinski definition) is 4. The van der Waals surface area contributed by atoms with Gasteiger partial charge in [-0.25, -0.2) is 4.79 Å². The first-order chi connectivity index (χ1) is 7.19. The zero-order valence-corrected chi connectivity index (χ0v) is 8.55. The van der Waals surface area contributed by atoms with E-state index in [-0.39, 0.29) is 5.88 Å². The van der Waals surface area contributed by atoms with Crippen molar-refractivity contribution >= 4 is 23.4 Å². The van der Waals surface area contributed by atoms with Gasteiger partial charge in [-0.05, 0) is 17.7 Å². The van der Waals surface area contributed by atoms with E-state index in [4.69, 9.17) is 11.6 Å². The third kappa shape index (κ3) is 3.15. The maximum absolute atomic E-state index is 10.0. The van der Waals surface area contributed by atoms with Crippen LogP contribution in [0.5, 0.6) is 0 Å². The molecule has 0 aliphatic carbocycles. The van der Waals surface area contributed by atoms with Gasteiger partial charge in [0.05, 0.1) is 17.7 Å². The Bertz CT molecular complexity index is 377. The molecular formula is C10H10ClNO3. The van der Waals surface area contributed by atoms with Crippen LogP contribution >= 0.6 is 11.6 Å². The lowest BCUT2D eigenvalue weighted by molar-refractivity contribution is 0.0327. The van der Waals surface area contributed by atoms with E-state index < -0.39 is 12.2 Å². The molecule has 0 spiro atoms. The molecular weight excluding hydrogens is 218 g/mol. The minimum absolute atomic E-state index is 0.0671. The summed E-state index contributed by atoms with van der Waals surface area (Å²) in [6.07, 6.45) is -0.721. The molecule has 0 aliphatic rings. The first-order valence-electron chi connectivity index (χ1n) is 4.29. The lowest BCUT2D eigenvalue weighted by atomic mass is 10.1. The van der Waals surface area contributed by atoms with Gasteiger partial charge >= 0.3 is 0 Å². The number of halogens is 1. The number of alkyl halides is 1. The van der Waals surface area contributed by atoms with Crippen molar-refractivity contribution in [3.8, 4) is 0 Å². The van der Waals surface area contributed by atoms with Crippen molar-refractivity contribution in [3.05, 3.63) is 29.8 Å². The predicted molar refractivity (Wildman–Crippen MR) is 55.9 cm³/mol. The van der Waals surface area contributed by atoms with Gasteiger partial charge < -0.3 is 10.2 Å². The maximum atomic E-state index is 10.0. The van der Waals surface area contributed by atoms with Crippen molar-refractivity contribution in [2.45, 2.75) is 12.2 Å². The molecule has 2 N–H and O–H groups in total. The van der Waals surface area contributed by atoms with Crippen LogP contribution in [0.4, 0.5) is 5.69 Å². The number of isocyanates is 1. The van der Waals surface area contributed by atoms with E-state index in [1.54, 1.807) is 18.2 Å². The van der Waals surface area contributed by atoms with Crippen molar-refractivity contribution < 1.29 is 15.0 Å². The fraction of sp³-hybridized carbons (Fsp3) is 0.300. The molecule has 2 unspecified atom stereocenters. The number of benzene rings is 1. The SMILES string of the molecule is O=C=Nc1cccc(C(O)C(O)CCl)c1. The molecule has 1 aromatic carbocycles. The van der Waals surface area contributed by atoms with Crippen LogP contribution in [-0.2, 0) is 4.79 Å². The summed E-state index contributed by atoms with van der Waals surface area (Å²) < 4.78 is 0. The second-order valence-electron chi connectivity index (χ2n) is 2.96. The average Bonchev–Trinajstić information content (AvgIpc) is 2.28. The monoisotopic (exact) mass is 227 g/mol. The highest BCUT2D eigenvalue weighted by atomic mass is 35.5. The summed E-state index contributed by atoms with van der Waals surface area (Å²) in [5.74, 6) is -0.0671. The number of aliphatic hydroxyl groups is 2. The van der Waals surface area contributed by atoms with Gasteiger partial charge in [-0.15, -0.1) is 11.6 Å². The maximum Gasteiger partial charge on any atom is 0.240 e. The molecule has 0 amide bonds. The van der Waals surface area contributed by atoms with E-state index >= 15 is 0 Å². The van der Waals surface area contributed by atoms with E-state index in [2.05, 4.69) is 4.99 Å². The zero-order chi connectivity index (χ0) is 11.3. The van der Waals surface area contributed by atoms with Gasteiger partial charge in [-0.3, -0.25) is 0 Å². The summed E-state index contributed by atoms with van der Waals surface area (Å²) in [5, 5.41) is 18.9. The molecule has 4 nitrogen and oxygen atoms in total. The molecule has 0 bridgehead atoms. The standard InChI is InChI=1S/C10H10ClNO3/c11-5-9(14)10(15)7-2-1-3-8(4-7)12-6-13/h1-4,9-10,14-15H,5H2. The van der Waals surface area contributed by atoms with Crippen LogP contribution in [0.15, 0.2) is 29.3 Å². The molecule has 0 heterocycles. The van der Waals surface area contributed by atoms with Crippen molar-refractivity contribution in [2.75, 3.05) is 5.88 Å².